The molecule has 40 heavy (non-hydrogen) atoms. The molecule has 0 unspecified atom stereocenters. The number of hydrogen-bond donors (Lipinski definition) is 1. The van der Waals surface area contributed by atoms with Gasteiger partial charge >= 0.3 is 0 Å². The number of likely N-dealkylation sites (tertiary alicyclic amines) is 1. The number of methoxy groups -OCH3 is 2. The highest BCUT2D eigenvalue weighted by molar-refractivity contribution is 7.93. The second-order valence-electron chi connectivity index (χ2n) is 9.18. The summed E-state index contributed by atoms with van der Waals surface area (Å²) in [4.78, 5) is 5.95. The minimum absolute atomic E-state index is 0.0693. The Morgan fingerprint density at radius 1 is 1.07 bits per heavy atom. The Bertz CT molecular complexity index is 1600. The zero-order valence-corrected chi connectivity index (χ0v) is 24.3. The molecule has 1 aliphatic rings. The van der Waals surface area contributed by atoms with Gasteiger partial charge in [-0.05, 0) is 49.3 Å². The highest BCUT2D eigenvalue weighted by Gasteiger charge is 2.32. The van der Waals surface area contributed by atoms with E-state index in [0.29, 0.717) is 17.1 Å². The number of aromatic nitrogens is 1. The molecule has 1 saturated heterocycles. The lowest BCUT2D eigenvalue weighted by Crippen LogP contribution is -2.36. The molecule has 0 atom stereocenters. The highest BCUT2D eigenvalue weighted by atomic mass is 35.5. The molecule has 1 N–H and O–H groups in total. The molecule has 4 aromatic rings. The van der Waals surface area contributed by atoms with Gasteiger partial charge in [-0.2, -0.15) is 0 Å². The zero-order valence-electron chi connectivity index (χ0n) is 21.9. The van der Waals surface area contributed by atoms with Crippen LogP contribution in [0, 0.1) is 5.82 Å². The van der Waals surface area contributed by atoms with Crippen molar-refractivity contribution in [3.05, 3.63) is 88.1 Å². The zero-order chi connectivity index (χ0) is 28.3. The highest BCUT2D eigenvalue weighted by Crippen LogP contribution is 2.36. The van der Waals surface area contributed by atoms with Gasteiger partial charge in [-0.15, -0.1) is 11.3 Å². The van der Waals surface area contributed by atoms with Crippen LogP contribution in [0.5, 0.6) is 11.5 Å². The summed E-state index contributed by atoms with van der Waals surface area (Å²) < 4.78 is 55.2. The van der Waals surface area contributed by atoms with E-state index in [0.717, 1.165) is 58.7 Å². The third-order valence-corrected chi connectivity index (χ3v) is 9.63. The Labute approximate surface area is 242 Å². The maximum Gasteiger partial charge on any atom is 0.269 e. The van der Waals surface area contributed by atoms with E-state index in [1.807, 2.05) is 24.3 Å². The van der Waals surface area contributed by atoms with Gasteiger partial charge in [-0.3, -0.25) is 4.90 Å². The van der Waals surface area contributed by atoms with Crippen LogP contribution in [0.2, 0.25) is 5.02 Å². The first kappa shape index (κ1) is 28.2. The summed E-state index contributed by atoms with van der Waals surface area (Å²) >= 11 is 7.67. The van der Waals surface area contributed by atoms with Gasteiger partial charge in [0.1, 0.15) is 22.2 Å². The molecule has 1 aromatic heterocycles. The van der Waals surface area contributed by atoms with Crippen molar-refractivity contribution in [3.63, 3.8) is 0 Å². The Hall–Kier alpha value is -3.38. The van der Waals surface area contributed by atoms with Crippen molar-refractivity contribution in [2.75, 3.05) is 36.9 Å². The normalized spacial score (nSPS) is 13.5. The molecule has 8 nitrogen and oxygen atoms in total. The van der Waals surface area contributed by atoms with E-state index in [-0.39, 0.29) is 22.4 Å². The van der Waals surface area contributed by atoms with Gasteiger partial charge in [-0.1, -0.05) is 29.8 Å². The number of para-hydroxylation sites is 1. The molecule has 1 aliphatic heterocycles. The molecule has 2 heterocycles. The Morgan fingerprint density at radius 2 is 1.88 bits per heavy atom. The second kappa shape index (κ2) is 12.0. The van der Waals surface area contributed by atoms with E-state index in [1.54, 1.807) is 23.6 Å². The first-order valence-electron chi connectivity index (χ1n) is 12.5. The Morgan fingerprint density at radius 3 is 2.55 bits per heavy atom. The smallest absolute Gasteiger partial charge is 0.269 e. The van der Waals surface area contributed by atoms with Crippen LogP contribution < -0.4 is 19.1 Å². The lowest BCUT2D eigenvalue weighted by molar-refractivity contribution is 0.173. The lowest BCUT2D eigenvalue weighted by Gasteiger charge is -2.31. The topological polar surface area (TPSA) is 84.0 Å². The Balaban J connectivity index is 1.48. The minimum Gasteiger partial charge on any atom is -0.497 e. The van der Waals surface area contributed by atoms with Gasteiger partial charge in [0.15, 0.2) is 5.13 Å². The van der Waals surface area contributed by atoms with Crippen LogP contribution in [0.3, 0.4) is 0 Å². The molecular weight excluding hydrogens is 575 g/mol. The van der Waals surface area contributed by atoms with Crippen LogP contribution in [-0.4, -0.2) is 45.6 Å². The number of thiazole rings is 1. The van der Waals surface area contributed by atoms with Crippen LogP contribution in [0.25, 0.3) is 0 Å². The summed E-state index contributed by atoms with van der Waals surface area (Å²) in [5.41, 5.74) is 2.64. The predicted molar refractivity (Wildman–Crippen MR) is 156 cm³/mol. The van der Waals surface area contributed by atoms with Crippen LogP contribution in [0.1, 0.15) is 17.5 Å². The number of hydrogen-bond acceptors (Lipinski definition) is 8. The van der Waals surface area contributed by atoms with Crippen LogP contribution in [0.15, 0.2) is 71.1 Å². The maximum absolute atomic E-state index is 15.6. The molecular formula is C28H28ClFN4O4S2. The molecule has 0 amide bonds. The van der Waals surface area contributed by atoms with Gasteiger partial charge in [0, 0.05) is 41.5 Å². The third kappa shape index (κ3) is 5.87. The number of nitrogens with one attached hydrogen (secondary N) is 1. The second-order valence-corrected chi connectivity index (χ2v) is 12.3. The molecule has 0 saturated carbocycles. The van der Waals surface area contributed by atoms with Crippen molar-refractivity contribution < 1.29 is 22.3 Å². The first-order valence-corrected chi connectivity index (χ1v) is 15.2. The summed E-state index contributed by atoms with van der Waals surface area (Å²) in [6.07, 6.45) is 2.66. The fraction of sp³-hybridized carbons (Fsp3) is 0.250. The van der Waals surface area contributed by atoms with Crippen molar-refractivity contribution in [1.29, 1.82) is 0 Å². The van der Waals surface area contributed by atoms with E-state index in [9.17, 15) is 8.42 Å². The maximum atomic E-state index is 15.6. The van der Waals surface area contributed by atoms with E-state index < -0.39 is 20.7 Å². The number of anilines is 3. The molecule has 12 heteroatoms. The predicted octanol–water partition coefficient (Wildman–Crippen LogP) is 6.30. The van der Waals surface area contributed by atoms with Gasteiger partial charge in [0.05, 0.1) is 31.5 Å². The lowest BCUT2D eigenvalue weighted by atomic mass is 10.1. The summed E-state index contributed by atoms with van der Waals surface area (Å²) in [6, 6.07) is 15.0. The SMILES string of the molecule is COc1ccc(CN(c2nccs2)S(=O)(=O)c2cc(Cl)c(Nc3ccccc3CN3CCC3)cc2F)c(OC)c1. The van der Waals surface area contributed by atoms with Crippen molar-refractivity contribution >= 4 is 49.5 Å². The average molecular weight is 603 g/mol. The average Bonchev–Trinajstić information content (AvgIpc) is 3.46. The molecule has 0 bridgehead atoms. The molecule has 5 rings (SSSR count). The van der Waals surface area contributed by atoms with E-state index in [4.69, 9.17) is 21.1 Å². The third-order valence-electron chi connectivity index (χ3n) is 6.66. The number of benzene rings is 3. The van der Waals surface area contributed by atoms with Crippen molar-refractivity contribution in [1.82, 2.24) is 9.88 Å². The van der Waals surface area contributed by atoms with Crippen molar-refractivity contribution in [3.8, 4) is 11.5 Å². The van der Waals surface area contributed by atoms with E-state index >= 15 is 4.39 Å². The van der Waals surface area contributed by atoms with Crippen molar-refractivity contribution in [2.45, 2.75) is 24.4 Å². The molecule has 1 fully saturated rings. The van der Waals surface area contributed by atoms with E-state index in [1.165, 1.54) is 26.8 Å². The van der Waals surface area contributed by atoms with Gasteiger partial charge < -0.3 is 14.8 Å². The number of nitrogens with zero attached hydrogens (tertiary/aromatic N) is 3. The van der Waals surface area contributed by atoms with E-state index in [2.05, 4.69) is 15.2 Å². The van der Waals surface area contributed by atoms with Gasteiger partial charge in [0.25, 0.3) is 10.0 Å². The molecule has 3 aromatic carbocycles. The standard InChI is InChI=1S/C28H28ClFN4O4S2/c1-37-21-9-8-20(26(14-21)38-2)18-34(28-31-10-13-39-28)40(35,36)27-15-22(29)25(16-23(27)30)32-24-7-4-3-6-19(24)17-33-11-5-12-33/h3-4,6-10,13-16,32H,5,11-12,17-18H2,1-2H3. The van der Waals surface area contributed by atoms with Crippen molar-refractivity contribution in [2.24, 2.45) is 0 Å². The molecule has 210 valence electrons. The number of sulfonamides is 1. The minimum atomic E-state index is -4.42. The molecule has 0 aliphatic carbocycles. The summed E-state index contributed by atoms with van der Waals surface area (Å²) in [5.74, 6) is 0.0399. The largest absolute Gasteiger partial charge is 0.497 e. The quantitative estimate of drug-likeness (QED) is 0.216. The summed E-state index contributed by atoms with van der Waals surface area (Å²) in [5, 5.41) is 5.09. The fourth-order valence-corrected chi connectivity index (χ4v) is 7.00. The molecule has 0 radical (unpaired) electrons. The van der Waals surface area contributed by atoms with Gasteiger partial charge in [0.2, 0.25) is 0 Å². The van der Waals surface area contributed by atoms with Gasteiger partial charge in [-0.25, -0.2) is 22.1 Å². The number of ether oxygens (including phenoxy) is 2. The van der Waals surface area contributed by atoms with Crippen LogP contribution >= 0.6 is 22.9 Å². The summed E-state index contributed by atoms with van der Waals surface area (Å²) in [7, 11) is -1.42. The molecule has 0 spiro atoms. The van der Waals surface area contributed by atoms with Crippen LogP contribution in [0.4, 0.5) is 20.9 Å². The van der Waals surface area contributed by atoms with Crippen LogP contribution in [-0.2, 0) is 23.1 Å². The fourth-order valence-electron chi connectivity index (χ4n) is 4.38. The first-order chi connectivity index (χ1) is 19.3. The number of halogens is 2. The number of rotatable bonds is 11. The Kier molecular flexibility index (Phi) is 8.46. The summed E-state index contributed by atoms with van der Waals surface area (Å²) in [6.45, 7) is 2.68. The monoisotopic (exact) mass is 602 g/mol.